The number of likely N-dealkylation sites (tertiary alicyclic amines) is 1. The van der Waals surface area contributed by atoms with Crippen molar-refractivity contribution in [2.24, 2.45) is 0 Å². The zero-order chi connectivity index (χ0) is 23.8. The largest absolute Gasteiger partial charge is 0.496 e. The number of ether oxygens (including phenoxy) is 2. The van der Waals surface area contributed by atoms with Crippen molar-refractivity contribution in [2.75, 3.05) is 33.4 Å². The van der Waals surface area contributed by atoms with E-state index in [1.165, 1.54) is 19.3 Å². The first-order chi connectivity index (χ1) is 16.7. The molecular formula is C25H37N5O4. The molecule has 9 nitrogen and oxygen atoms in total. The molecule has 0 bridgehead atoms. The van der Waals surface area contributed by atoms with Crippen molar-refractivity contribution in [3.8, 4) is 17.0 Å². The lowest BCUT2D eigenvalue weighted by molar-refractivity contribution is -0.129. The molecular weight excluding hydrogens is 434 g/mol. The predicted octanol–water partition coefficient (Wildman–Crippen LogP) is 2.24. The number of nitrogens with zero attached hydrogens (tertiary/aromatic N) is 4. The molecule has 9 heteroatoms. The van der Waals surface area contributed by atoms with Crippen molar-refractivity contribution in [2.45, 2.75) is 69.7 Å². The Hall–Kier alpha value is -2.49. The minimum absolute atomic E-state index is 0.0116. The average molecular weight is 472 g/mol. The van der Waals surface area contributed by atoms with Crippen LogP contribution in [0.4, 0.5) is 0 Å². The van der Waals surface area contributed by atoms with Gasteiger partial charge in [0.15, 0.2) is 0 Å². The van der Waals surface area contributed by atoms with Gasteiger partial charge in [0.05, 0.1) is 32.1 Å². The molecule has 2 aliphatic rings. The lowest BCUT2D eigenvalue weighted by Crippen LogP contribution is -2.51. The highest BCUT2D eigenvalue weighted by Gasteiger charge is 2.32. The van der Waals surface area contributed by atoms with Crippen LogP contribution in [0.5, 0.6) is 5.75 Å². The van der Waals surface area contributed by atoms with E-state index in [2.05, 4.69) is 20.5 Å². The molecule has 0 aliphatic carbocycles. The third-order valence-corrected chi connectivity index (χ3v) is 6.85. The van der Waals surface area contributed by atoms with Gasteiger partial charge in [-0.1, -0.05) is 23.8 Å². The number of hydrogen-bond donors (Lipinski definition) is 2. The van der Waals surface area contributed by atoms with E-state index >= 15 is 0 Å². The number of carbonyl (C=O) groups excluding carboxylic acids is 1. The van der Waals surface area contributed by atoms with Gasteiger partial charge in [0.2, 0.25) is 5.91 Å². The first-order valence-electron chi connectivity index (χ1n) is 12.5. The van der Waals surface area contributed by atoms with Crippen LogP contribution in [0.3, 0.4) is 0 Å². The van der Waals surface area contributed by atoms with E-state index in [-0.39, 0.29) is 30.8 Å². The van der Waals surface area contributed by atoms with Crippen molar-refractivity contribution in [3.05, 3.63) is 30.5 Å². The van der Waals surface area contributed by atoms with Crippen LogP contribution in [0.2, 0.25) is 0 Å². The van der Waals surface area contributed by atoms with Gasteiger partial charge < -0.3 is 24.8 Å². The molecule has 4 rings (SSSR count). The van der Waals surface area contributed by atoms with Crippen LogP contribution in [-0.2, 0) is 16.1 Å². The Morgan fingerprint density at radius 3 is 2.82 bits per heavy atom. The molecule has 0 radical (unpaired) electrons. The van der Waals surface area contributed by atoms with E-state index in [9.17, 15) is 9.90 Å². The van der Waals surface area contributed by atoms with Crippen molar-refractivity contribution < 1.29 is 19.4 Å². The summed E-state index contributed by atoms with van der Waals surface area (Å²) in [5, 5.41) is 21.5. The van der Waals surface area contributed by atoms with Crippen LogP contribution in [0, 0.1) is 0 Å². The summed E-state index contributed by atoms with van der Waals surface area (Å²) in [6.45, 7) is 3.55. The molecule has 2 saturated heterocycles. The number of nitrogens with one attached hydrogen (secondary N) is 1. The van der Waals surface area contributed by atoms with Crippen molar-refractivity contribution in [1.29, 1.82) is 0 Å². The second kappa shape index (κ2) is 12.3. The SMILES string of the molecule is COc1ccccc1-c1cn(CC[C@@H]2CC[C@@H](NC(=O)CCN3CCCCC3)[C@H](CO)O2)nn1. The Balaban J connectivity index is 1.22. The second-order valence-corrected chi connectivity index (χ2v) is 9.24. The minimum Gasteiger partial charge on any atom is -0.496 e. The molecule has 0 saturated carbocycles. The number of benzene rings is 1. The van der Waals surface area contributed by atoms with Gasteiger partial charge in [-0.05, 0) is 57.3 Å². The number of methoxy groups -OCH3 is 1. The molecule has 1 amide bonds. The molecule has 1 aromatic carbocycles. The van der Waals surface area contributed by atoms with Gasteiger partial charge in [-0.15, -0.1) is 5.10 Å². The maximum absolute atomic E-state index is 12.5. The van der Waals surface area contributed by atoms with Crippen molar-refractivity contribution >= 4 is 5.91 Å². The first-order valence-corrected chi connectivity index (χ1v) is 12.5. The summed E-state index contributed by atoms with van der Waals surface area (Å²) < 4.78 is 13.4. The monoisotopic (exact) mass is 471 g/mol. The van der Waals surface area contributed by atoms with E-state index in [1.807, 2.05) is 35.1 Å². The fourth-order valence-corrected chi connectivity index (χ4v) is 4.89. The summed E-state index contributed by atoms with van der Waals surface area (Å²) in [6.07, 6.45) is 8.19. The third-order valence-electron chi connectivity index (χ3n) is 6.85. The van der Waals surface area contributed by atoms with Gasteiger partial charge in [0, 0.05) is 25.1 Å². The van der Waals surface area contributed by atoms with Gasteiger partial charge in [0.25, 0.3) is 0 Å². The number of hydrogen-bond acceptors (Lipinski definition) is 7. The number of carbonyl (C=O) groups is 1. The predicted molar refractivity (Wildman–Crippen MR) is 128 cm³/mol. The van der Waals surface area contributed by atoms with E-state index in [1.54, 1.807) is 7.11 Å². The van der Waals surface area contributed by atoms with Gasteiger partial charge in [-0.3, -0.25) is 9.48 Å². The van der Waals surface area contributed by atoms with Crippen LogP contribution < -0.4 is 10.1 Å². The fourth-order valence-electron chi connectivity index (χ4n) is 4.89. The summed E-state index contributed by atoms with van der Waals surface area (Å²) in [5.41, 5.74) is 1.67. The molecule has 186 valence electrons. The van der Waals surface area contributed by atoms with Gasteiger partial charge in [-0.25, -0.2) is 0 Å². The van der Waals surface area contributed by atoms with Crippen LogP contribution in [-0.4, -0.2) is 82.5 Å². The standard InChI is InChI=1S/C25H37N5O4/c1-33-23-8-4-3-7-20(23)22-17-30(28-27-22)16-11-19-9-10-21(24(18-31)34-19)26-25(32)12-15-29-13-5-2-6-14-29/h3-4,7-8,17,19,21,24,31H,2,5-6,9-16,18H2,1H3,(H,26,32)/t19-,21+,24-/m0/s1. The smallest absolute Gasteiger partial charge is 0.221 e. The highest BCUT2D eigenvalue weighted by Crippen LogP contribution is 2.28. The van der Waals surface area contributed by atoms with Crippen LogP contribution >= 0.6 is 0 Å². The topological polar surface area (TPSA) is 102 Å². The molecule has 1 aromatic heterocycles. The average Bonchev–Trinajstić information content (AvgIpc) is 3.36. The Bertz CT molecular complexity index is 914. The highest BCUT2D eigenvalue weighted by atomic mass is 16.5. The fraction of sp³-hybridized carbons (Fsp3) is 0.640. The van der Waals surface area contributed by atoms with E-state index in [0.29, 0.717) is 13.0 Å². The summed E-state index contributed by atoms with van der Waals surface area (Å²) in [4.78, 5) is 14.8. The number of rotatable bonds is 10. The highest BCUT2D eigenvalue weighted by molar-refractivity contribution is 5.76. The lowest BCUT2D eigenvalue weighted by Gasteiger charge is -2.36. The quantitative estimate of drug-likeness (QED) is 0.548. The van der Waals surface area contributed by atoms with Crippen LogP contribution in [0.25, 0.3) is 11.3 Å². The second-order valence-electron chi connectivity index (χ2n) is 9.24. The zero-order valence-corrected chi connectivity index (χ0v) is 20.1. The van der Waals surface area contributed by atoms with Crippen LogP contribution in [0.1, 0.15) is 44.9 Å². The van der Waals surface area contributed by atoms with Gasteiger partial charge in [0.1, 0.15) is 17.5 Å². The van der Waals surface area contributed by atoms with Gasteiger partial charge >= 0.3 is 0 Å². The van der Waals surface area contributed by atoms with E-state index in [0.717, 1.165) is 55.9 Å². The zero-order valence-electron chi connectivity index (χ0n) is 20.1. The van der Waals surface area contributed by atoms with Crippen LogP contribution in [0.15, 0.2) is 30.5 Å². The lowest BCUT2D eigenvalue weighted by atomic mass is 9.97. The number of aliphatic hydroxyl groups is 1. The minimum atomic E-state index is -0.377. The summed E-state index contributed by atoms with van der Waals surface area (Å²) in [5.74, 6) is 0.808. The Morgan fingerprint density at radius 1 is 1.21 bits per heavy atom. The summed E-state index contributed by atoms with van der Waals surface area (Å²) in [6, 6.07) is 7.60. The molecule has 0 spiro atoms. The molecule has 2 N–H and O–H groups in total. The molecule has 34 heavy (non-hydrogen) atoms. The summed E-state index contributed by atoms with van der Waals surface area (Å²) in [7, 11) is 1.64. The maximum Gasteiger partial charge on any atom is 0.221 e. The number of aryl methyl sites for hydroxylation is 1. The Kier molecular flexibility index (Phi) is 8.90. The number of aliphatic hydroxyl groups excluding tert-OH is 1. The van der Waals surface area contributed by atoms with E-state index < -0.39 is 0 Å². The Morgan fingerprint density at radius 2 is 2.03 bits per heavy atom. The number of aromatic nitrogens is 3. The molecule has 2 aromatic rings. The first kappa shape index (κ1) is 24.6. The third kappa shape index (κ3) is 6.55. The molecule has 2 aliphatic heterocycles. The molecule has 0 unspecified atom stereocenters. The number of amides is 1. The van der Waals surface area contributed by atoms with Gasteiger partial charge in [-0.2, -0.15) is 0 Å². The van der Waals surface area contributed by atoms with Crippen molar-refractivity contribution in [3.63, 3.8) is 0 Å². The molecule has 3 heterocycles. The summed E-state index contributed by atoms with van der Waals surface area (Å²) >= 11 is 0. The molecule has 2 fully saturated rings. The molecule has 3 atom stereocenters. The Labute approximate surface area is 201 Å². The number of piperidine rings is 1. The van der Waals surface area contributed by atoms with E-state index in [4.69, 9.17) is 9.47 Å². The maximum atomic E-state index is 12.5. The number of para-hydroxylation sites is 1. The normalized spacial score (nSPS) is 23.5. The van der Waals surface area contributed by atoms with Crippen molar-refractivity contribution in [1.82, 2.24) is 25.2 Å².